The van der Waals surface area contributed by atoms with Crippen molar-refractivity contribution >= 4 is 17.3 Å². The lowest BCUT2D eigenvalue weighted by Crippen LogP contribution is -2.25. The van der Waals surface area contributed by atoms with Gasteiger partial charge >= 0.3 is 0 Å². The zero-order valence-electron chi connectivity index (χ0n) is 10.00. The van der Waals surface area contributed by atoms with Gasteiger partial charge in [-0.2, -0.15) is 0 Å². The highest BCUT2D eigenvalue weighted by molar-refractivity contribution is 6.29. The Bertz CT molecular complexity index is 336. The maximum Gasteiger partial charge on any atom is 0.131 e. The van der Waals surface area contributed by atoms with Crippen LogP contribution in [0.2, 0.25) is 5.15 Å². The lowest BCUT2D eigenvalue weighted by molar-refractivity contribution is 0.132. The Balaban J connectivity index is 2.40. The normalized spacial score (nSPS) is 13.6. The lowest BCUT2D eigenvalue weighted by Gasteiger charge is -2.22. The molecule has 0 radical (unpaired) electrons. The largest absolute Gasteiger partial charge is 0.391 e. The fraction of sp³-hybridized carbons (Fsp3) is 0.583. The Labute approximate surface area is 102 Å². The first-order valence-corrected chi connectivity index (χ1v) is 5.78. The van der Waals surface area contributed by atoms with Crippen LogP contribution < -0.4 is 5.32 Å². The Morgan fingerprint density at radius 3 is 2.75 bits per heavy atom. The van der Waals surface area contributed by atoms with Gasteiger partial charge in [-0.1, -0.05) is 32.4 Å². The summed E-state index contributed by atoms with van der Waals surface area (Å²) in [5.41, 5.74) is 1.02. The van der Waals surface area contributed by atoms with Crippen molar-refractivity contribution in [2.45, 2.75) is 33.3 Å². The van der Waals surface area contributed by atoms with Crippen LogP contribution in [0.4, 0.5) is 5.69 Å². The number of aromatic nitrogens is 1. The summed E-state index contributed by atoms with van der Waals surface area (Å²) < 4.78 is 0. The highest BCUT2D eigenvalue weighted by atomic mass is 35.5. The molecule has 2 N–H and O–H groups in total. The van der Waals surface area contributed by atoms with Crippen molar-refractivity contribution in [3.8, 4) is 0 Å². The number of anilines is 1. The molecule has 4 heteroatoms. The number of nitrogens with zero attached hydrogens (tertiary/aromatic N) is 1. The quantitative estimate of drug-likeness (QED) is 0.798. The summed E-state index contributed by atoms with van der Waals surface area (Å²) in [4.78, 5) is 3.89. The molecule has 1 aromatic heterocycles. The molecular formula is C12H19ClN2O. The summed E-state index contributed by atoms with van der Waals surface area (Å²) in [6, 6.07) is 3.57. The summed E-state index contributed by atoms with van der Waals surface area (Å²) >= 11 is 5.75. The van der Waals surface area contributed by atoms with E-state index in [0.717, 1.165) is 12.1 Å². The van der Waals surface area contributed by atoms with Crippen molar-refractivity contribution in [1.82, 2.24) is 4.98 Å². The smallest absolute Gasteiger partial charge is 0.131 e. The number of pyridine rings is 1. The summed E-state index contributed by atoms with van der Waals surface area (Å²) in [5.74, 6) is 0. The van der Waals surface area contributed by atoms with Crippen molar-refractivity contribution in [3.05, 3.63) is 23.5 Å². The molecule has 1 heterocycles. The molecule has 0 saturated carbocycles. The number of hydrogen-bond donors (Lipinski definition) is 2. The van der Waals surface area contributed by atoms with Gasteiger partial charge in [0.05, 0.1) is 6.10 Å². The van der Waals surface area contributed by atoms with Gasteiger partial charge in [-0.15, -0.1) is 0 Å². The van der Waals surface area contributed by atoms with E-state index in [0.29, 0.717) is 11.7 Å². The van der Waals surface area contributed by atoms with Crippen LogP contribution in [0, 0.1) is 5.41 Å². The number of aliphatic hydroxyl groups excluding tert-OH is 1. The Hall–Kier alpha value is -0.800. The molecule has 0 aliphatic carbocycles. The van der Waals surface area contributed by atoms with Crippen LogP contribution in [0.15, 0.2) is 18.3 Å². The minimum atomic E-state index is -0.355. The molecule has 0 aliphatic heterocycles. The first kappa shape index (κ1) is 13.3. The van der Waals surface area contributed by atoms with Crippen LogP contribution in [-0.4, -0.2) is 22.7 Å². The van der Waals surface area contributed by atoms with E-state index in [9.17, 15) is 5.11 Å². The summed E-state index contributed by atoms with van der Waals surface area (Å²) in [5, 5.41) is 13.4. The number of nitrogens with one attached hydrogen (secondary N) is 1. The third-order valence-electron chi connectivity index (χ3n) is 2.12. The fourth-order valence-electron chi connectivity index (χ4n) is 1.53. The van der Waals surface area contributed by atoms with Gasteiger partial charge in [0.15, 0.2) is 0 Å². The second-order valence-electron chi connectivity index (χ2n) is 5.17. The molecule has 1 atom stereocenters. The van der Waals surface area contributed by atoms with E-state index in [1.54, 1.807) is 12.3 Å². The van der Waals surface area contributed by atoms with Gasteiger partial charge in [-0.05, 0) is 24.0 Å². The van der Waals surface area contributed by atoms with E-state index in [2.05, 4.69) is 31.1 Å². The van der Waals surface area contributed by atoms with Crippen LogP contribution in [-0.2, 0) is 0 Å². The third kappa shape index (κ3) is 5.33. The molecule has 1 rings (SSSR count). The van der Waals surface area contributed by atoms with Gasteiger partial charge in [0.1, 0.15) is 5.15 Å². The molecule has 0 saturated heterocycles. The molecule has 90 valence electrons. The molecule has 0 spiro atoms. The average Bonchev–Trinajstić information content (AvgIpc) is 2.12. The lowest BCUT2D eigenvalue weighted by atomic mass is 9.89. The molecule has 0 aromatic carbocycles. The SMILES string of the molecule is CC(C)(C)CC(O)CNc1ccnc(Cl)c1. The molecule has 1 unspecified atom stereocenters. The fourth-order valence-corrected chi connectivity index (χ4v) is 1.70. The van der Waals surface area contributed by atoms with Gasteiger partial charge in [0.2, 0.25) is 0 Å². The predicted octanol–water partition coefficient (Wildman–Crippen LogP) is 2.94. The first-order chi connectivity index (χ1) is 7.37. The predicted molar refractivity (Wildman–Crippen MR) is 67.8 cm³/mol. The van der Waals surface area contributed by atoms with E-state index in [-0.39, 0.29) is 11.5 Å². The zero-order chi connectivity index (χ0) is 12.2. The van der Waals surface area contributed by atoms with Crippen LogP contribution in [0.1, 0.15) is 27.2 Å². The Kier molecular flexibility index (Phi) is 4.56. The summed E-state index contributed by atoms with van der Waals surface area (Å²) in [6.45, 7) is 6.86. The van der Waals surface area contributed by atoms with Gasteiger partial charge in [-0.25, -0.2) is 4.98 Å². The molecule has 16 heavy (non-hydrogen) atoms. The molecule has 1 aromatic rings. The van der Waals surface area contributed by atoms with Crippen LogP contribution >= 0.6 is 11.6 Å². The van der Waals surface area contributed by atoms with E-state index in [1.807, 2.05) is 6.07 Å². The molecule has 0 fully saturated rings. The number of rotatable bonds is 4. The number of halogens is 1. The van der Waals surface area contributed by atoms with Crippen LogP contribution in [0.5, 0.6) is 0 Å². The van der Waals surface area contributed by atoms with Gasteiger partial charge in [0.25, 0.3) is 0 Å². The molecule has 0 aliphatic rings. The summed E-state index contributed by atoms with van der Waals surface area (Å²) in [6.07, 6.45) is 2.05. The minimum Gasteiger partial charge on any atom is -0.391 e. The number of aliphatic hydroxyl groups is 1. The maximum atomic E-state index is 9.80. The van der Waals surface area contributed by atoms with E-state index < -0.39 is 0 Å². The van der Waals surface area contributed by atoms with Crippen molar-refractivity contribution in [3.63, 3.8) is 0 Å². The molecular weight excluding hydrogens is 224 g/mol. The standard InChI is InChI=1S/C12H19ClN2O/c1-12(2,3)7-10(16)8-15-9-4-5-14-11(13)6-9/h4-6,10,16H,7-8H2,1-3H3,(H,14,15). The minimum absolute atomic E-state index is 0.136. The van der Waals surface area contributed by atoms with Crippen molar-refractivity contribution in [2.24, 2.45) is 5.41 Å². The van der Waals surface area contributed by atoms with E-state index >= 15 is 0 Å². The van der Waals surface area contributed by atoms with Gasteiger partial charge in [0, 0.05) is 18.4 Å². The average molecular weight is 243 g/mol. The zero-order valence-corrected chi connectivity index (χ0v) is 10.8. The Morgan fingerprint density at radius 1 is 1.50 bits per heavy atom. The van der Waals surface area contributed by atoms with E-state index in [4.69, 9.17) is 11.6 Å². The molecule has 0 bridgehead atoms. The van der Waals surface area contributed by atoms with Crippen LogP contribution in [0.3, 0.4) is 0 Å². The van der Waals surface area contributed by atoms with Crippen molar-refractivity contribution in [1.29, 1.82) is 0 Å². The highest BCUT2D eigenvalue weighted by Gasteiger charge is 2.16. The second-order valence-corrected chi connectivity index (χ2v) is 5.55. The topological polar surface area (TPSA) is 45.1 Å². The number of hydrogen-bond acceptors (Lipinski definition) is 3. The van der Waals surface area contributed by atoms with Crippen LogP contribution in [0.25, 0.3) is 0 Å². The van der Waals surface area contributed by atoms with Gasteiger partial charge < -0.3 is 10.4 Å². The Morgan fingerprint density at radius 2 is 2.19 bits per heavy atom. The first-order valence-electron chi connectivity index (χ1n) is 5.40. The molecule has 3 nitrogen and oxygen atoms in total. The second kappa shape index (κ2) is 5.51. The van der Waals surface area contributed by atoms with E-state index in [1.165, 1.54) is 0 Å². The third-order valence-corrected chi connectivity index (χ3v) is 2.32. The monoisotopic (exact) mass is 242 g/mol. The van der Waals surface area contributed by atoms with Crippen molar-refractivity contribution in [2.75, 3.05) is 11.9 Å². The molecule has 0 amide bonds. The highest BCUT2D eigenvalue weighted by Crippen LogP contribution is 2.21. The van der Waals surface area contributed by atoms with Crippen molar-refractivity contribution < 1.29 is 5.11 Å². The van der Waals surface area contributed by atoms with Gasteiger partial charge in [-0.3, -0.25) is 0 Å². The maximum absolute atomic E-state index is 9.80. The summed E-state index contributed by atoms with van der Waals surface area (Å²) in [7, 11) is 0.